The SMILES string of the molecule is CC(C)(O)[C@H]1CC[C@@](C)([C@H]2CC[C@]3(C)[C@@H]2CC[C@@]2(C)[C@@]3(C)CC[C@H]3C(C)(C)C(=O)CC[C@@]32C)O1. The second-order valence-electron chi connectivity index (χ2n) is 15.6. The van der Waals surface area contributed by atoms with Crippen LogP contribution in [0, 0.1) is 44.8 Å². The molecule has 5 aliphatic rings. The van der Waals surface area contributed by atoms with E-state index in [1.165, 1.54) is 38.5 Å². The third-order valence-electron chi connectivity index (χ3n) is 14.0. The van der Waals surface area contributed by atoms with Crippen LogP contribution >= 0.6 is 0 Å². The third kappa shape index (κ3) is 2.86. The first kappa shape index (κ1) is 25.2. The van der Waals surface area contributed by atoms with Crippen molar-refractivity contribution in [3.8, 4) is 0 Å². The van der Waals surface area contributed by atoms with Crippen molar-refractivity contribution in [1.29, 1.82) is 0 Å². The molecule has 0 aromatic rings. The van der Waals surface area contributed by atoms with Crippen molar-refractivity contribution < 1.29 is 14.6 Å². The van der Waals surface area contributed by atoms with Crippen LogP contribution < -0.4 is 0 Å². The normalized spacial score (nSPS) is 54.9. The summed E-state index contributed by atoms with van der Waals surface area (Å²) in [7, 11) is 0. The Balaban J connectivity index is 1.49. The van der Waals surface area contributed by atoms with Crippen LogP contribution in [-0.4, -0.2) is 28.2 Å². The molecule has 1 N–H and O–H groups in total. The van der Waals surface area contributed by atoms with Gasteiger partial charge in [-0.1, -0.05) is 41.5 Å². The molecule has 0 bridgehead atoms. The summed E-state index contributed by atoms with van der Waals surface area (Å²) in [4.78, 5) is 13.0. The van der Waals surface area contributed by atoms with E-state index in [0.717, 1.165) is 25.7 Å². The molecule has 9 atom stereocenters. The average Bonchev–Trinajstić information content (AvgIpc) is 3.30. The van der Waals surface area contributed by atoms with Crippen molar-refractivity contribution >= 4 is 5.78 Å². The second kappa shape index (κ2) is 7.12. The maximum Gasteiger partial charge on any atom is 0.138 e. The molecule has 0 amide bonds. The Labute approximate surface area is 209 Å². The van der Waals surface area contributed by atoms with Gasteiger partial charge in [-0.2, -0.15) is 0 Å². The Morgan fingerprint density at radius 3 is 1.97 bits per heavy atom. The molecule has 5 rings (SSSR count). The van der Waals surface area contributed by atoms with Gasteiger partial charge in [-0.05, 0) is 118 Å². The number of hydrogen-bond acceptors (Lipinski definition) is 3. The van der Waals surface area contributed by atoms with Crippen LogP contribution in [-0.2, 0) is 9.53 Å². The number of carbonyl (C=O) groups excluding carboxylic acids is 1. The molecule has 4 aliphatic carbocycles. The lowest BCUT2D eigenvalue weighted by Crippen LogP contribution is -2.68. The molecule has 194 valence electrons. The van der Waals surface area contributed by atoms with E-state index in [-0.39, 0.29) is 33.4 Å². The van der Waals surface area contributed by atoms with Crippen LogP contribution in [0.3, 0.4) is 0 Å². The molecule has 0 aromatic carbocycles. The first-order chi connectivity index (χ1) is 15.5. The minimum Gasteiger partial charge on any atom is -0.388 e. The maximum absolute atomic E-state index is 13.0. The molecule has 1 heterocycles. The summed E-state index contributed by atoms with van der Waals surface area (Å²) in [6.07, 6.45) is 11.4. The van der Waals surface area contributed by atoms with Gasteiger partial charge in [0.15, 0.2) is 0 Å². The first-order valence-corrected chi connectivity index (χ1v) is 14.4. The van der Waals surface area contributed by atoms with Gasteiger partial charge in [-0.3, -0.25) is 4.79 Å². The fraction of sp³-hybridized carbons (Fsp3) is 0.968. The minimum absolute atomic E-state index is 0.0508. The van der Waals surface area contributed by atoms with E-state index in [2.05, 4.69) is 48.5 Å². The van der Waals surface area contributed by atoms with Crippen LogP contribution in [0.25, 0.3) is 0 Å². The summed E-state index contributed by atoms with van der Waals surface area (Å²) >= 11 is 0. The molecule has 34 heavy (non-hydrogen) atoms. The Hall–Kier alpha value is -0.410. The number of carbonyl (C=O) groups is 1. The molecule has 0 radical (unpaired) electrons. The van der Waals surface area contributed by atoms with Crippen molar-refractivity contribution in [3.05, 3.63) is 0 Å². The van der Waals surface area contributed by atoms with Crippen molar-refractivity contribution in [2.24, 2.45) is 44.8 Å². The topological polar surface area (TPSA) is 46.5 Å². The molecule has 1 aliphatic heterocycles. The van der Waals surface area contributed by atoms with Gasteiger partial charge < -0.3 is 9.84 Å². The average molecular weight is 473 g/mol. The van der Waals surface area contributed by atoms with E-state index in [4.69, 9.17) is 4.74 Å². The van der Waals surface area contributed by atoms with E-state index >= 15 is 0 Å². The first-order valence-electron chi connectivity index (χ1n) is 14.4. The van der Waals surface area contributed by atoms with E-state index in [0.29, 0.717) is 29.0 Å². The van der Waals surface area contributed by atoms with Crippen molar-refractivity contribution in [3.63, 3.8) is 0 Å². The lowest BCUT2D eigenvalue weighted by Gasteiger charge is -2.74. The van der Waals surface area contributed by atoms with Gasteiger partial charge in [0.2, 0.25) is 0 Å². The number of fused-ring (bicyclic) bond motifs is 5. The van der Waals surface area contributed by atoms with Crippen LogP contribution in [0.2, 0.25) is 0 Å². The number of ketones is 1. The van der Waals surface area contributed by atoms with Gasteiger partial charge in [0, 0.05) is 11.8 Å². The van der Waals surface area contributed by atoms with Crippen molar-refractivity contribution in [1.82, 2.24) is 0 Å². The highest BCUT2D eigenvalue weighted by molar-refractivity contribution is 5.85. The zero-order valence-electron chi connectivity index (χ0n) is 23.6. The lowest BCUT2D eigenvalue weighted by molar-refractivity contribution is -0.258. The molecule has 0 unspecified atom stereocenters. The smallest absolute Gasteiger partial charge is 0.138 e. The van der Waals surface area contributed by atoms with Crippen LogP contribution in [0.4, 0.5) is 0 Å². The van der Waals surface area contributed by atoms with Crippen LogP contribution in [0.1, 0.15) is 127 Å². The predicted octanol–water partition coefficient (Wildman–Crippen LogP) is 7.34. The van der Waals surface area contributed by atoms with Gasteiger partial charge in [0.05, 0.1) is 17.3 Å². The zero-order chi connectivity index (χ0) is 25.2. The van der Waals surface area contributed by atoms with Gasteiger partial charge in [-0.15, -0.1) is 0 Å². The Bertz CT molecular complexity index is 870. The number of Topliss-reactive ketones (excluding diaryl/α,β-unsaturated/α-hetero) is 1. The maximum atomic E-state index is 13.0. The Morgan fingerprint density at radius 2 is 1.35 bits per heavy atom. The summed E-state index contributed by atoms with van der Waals surface area (Å²) < 4.78 is 6.74. The summed E-state index contributed by atoms with van der Waals surface area (Å²) in [5.74, 6) is 2.27. The quantitative estimate of drug-likeness (QED) is 0.457. The highest BCUT2D eigenvalue weighted by atomic mass is 16.5. The lowest BCUT2D eigenvalue weighted by atomic mass is 9.30. The van der Waals surface area contributed by atoms with Gasteiger partial charge in [0.25, 0.3) is 0 Å². The predicted molar refractivity (Wildman–Crippen MR) is 137 cm³/mol. The van der Waals surface area contributed by atoms with Crippen LogP contribution in [0.5, 0.6) is 0 Å². The van der Waals surface area contributed by atoms with Gasteiger partial charge >= 0.3 is 0 Å². The molecule has 0 spiro atoms. The molecule has 3 heteroatoms. The highest BCUT2D eigenvalue weighted by Gasteiger charge is 2.74. The van der Waals surface area contributed by atoms with Gasteiger partial charge in [0.1, 0.15) is 5.78 Å². The monoisotopic (exact) mass is 472 g/mol. The molecule has 1 saturated heterocycles. The van der Waals surface area contributed by atoms with E-state index in [1.54, 1.807) is 0 Å². The number of ether oxygens (including phenoxy) is 1. The van der Waals surface area contributed by atoms with E-state index in [1.807, 2.05) is 13.8 Å². The summed E-state index contributed by atoms with van der Waals surface area (Å²) in [5, 5.41) is 10.7. The molecular weight excluding hydrogens is 420 g/mol. The third-order valence-corrected chi connectivity index (χ3v) is 14.0. The minimum atomic E-state index is -0.769. The number of hydrogen-bond donors (Lipinski definition) is 1. The van der Waals surface area contributed by atoms with Crippen LogP contribution in [0.15, 0.2) is 0 Å². The standard InChI is InChI=1S/C31H52O3/c1-25(2)22-12-19-30(8)27(5)15-10-21(29(7)17-14-24(34-29)26(3,4)33)20(27)11-18-31(30,9)28(22,6)16-13-23(25)32/h20-22,24,33H,10-19H2,1-9H3/t20-,21+,22+,24-,27-,28+,29+,30+,31-/m1/s1. The summed E-state index contributed by atoms with van der Waals surface area (Å²) in [6, 6.07) is 0. The molecule has 3 nitrogen and oxygen atoms in total. The number of aliphatic hydroxyl groups is 1. The molecule has 4 saturated carbocycles. The largest absolute Gasteiger partial charge is 0.388 e. The van der Waals surface area contributed by atoms with Crippen molar-refractivity contribution in [2.75, 3.05) is 0 Å². The van der Waals surface area contributed by atoms with Crippen molar-refractivity contribution in [2.45, 2.75) is 144 Å². The Morgan fingerprint density at radius 1 is 0.765 bits per heavy atom. The molecular formula is C31H52O3. The zero-order valence-corrected chi connectivity index (χ0v) is 23.6. The highest BCUT2D eigenvalue weighted by Crippen LogP contribution is 2.80. The fourth-order valence-corrected chi connectivity index (χ4v) is 11.3. The fourth-order valence-electron chi connectivity index (χ4n) is 11.3. The number of rotatable bonds is 2. The summed E-state index contributed by atoms with van der Waals surface area (Å²) in [5.41, 5.74) is 0.00186. The van der Waals surface area contributed by atoms with E-state index < -0.39 is 5.60 Å². The molecule has 0 aromatic heterocycles. The second-order valence-corrected chi connectivity index (χ2v) is 15.6. The molecule has 5 fully saturated rings. The van der Waals surface area contributed by atoms with Gasteiger partial charge in [-0.25, -0.2) is 0 Å². The van der Waals surface area contributed by atoms with E-state index in [9.17, 15) is 9.90 Å². The Kier molecular flexibility index (Phi) is 5.29. The summed E-state index contributed by atoms with van der Waals surface area (Å²) in [6.45, 7) is 21.2.